The van der Waals surface area contributed by atoms with Gasteiger partial charge >= 0.3 is 0 Å². The highest BCUT2D eigenvalue weighted by atomic mass is 127. The minimum atomic E-state index is 0.752. The van der Waals surface area contributed by atoms with Crippen molar-refractivity contribution in [1.29, 1.82) is 0 Å². The van der Waals surface area contributed by atoms with Crippen LogP contribution in [0.4, 0.5) is 5.69 Å². The molecule has 0 spiro atoms. The van der Waals surface area contributed by atoms with E-state index >= 15 is 0 Å². The van der Waals surface area contributed by atoms with Crippen molar-refractivity contribution in [1.82, 2.24) is 0 Å². The maximum Gasteiger partial charge on any atom is 0.178 e. The summed E-state index contributed by atoms with van der Waals surface area (Å²) < 4.78 is 7.29. The van der Waals surface area contributed by atoms with Crippen LogP contribution >= 0.6 is 38.5 Å². The molecular formula is C13H11BrINO. The molecule has 1 aromatic carbocycles. The van der Waals surface area contributed by atoms with Gasteiger partial charge in [-0.3, -0.25) is 4.99 Å². The highest BCUT2D eigenvalue weighted by molar-refractivity contribution is 14.1. The van der Waals surface area contributed by atoms with Crippen LogP contribution in [0, 0.1) is 17.6 Å². The molecule has 0 aliphatic rings. The third kappa shape index (κ3) is 3.19. The van der Waals surface area contributed by atoms with Crippen LogP contribution in [0.25, 0.3) is 0 Å². The molecule has 0 N–H and O–H groups in total. The van der Waals surface area contributed by atoms with Crippen LogP contribution in [0.2, 0.25) is 0 Å². The summed E-state index contributed by atoms with van der Waals surface area (Å²) >= 11 is 5.54. The quantitative estimate of drug-likeness (QED) is 0.510. The zero-order chi connectivity index (χ0) is 12.4. The first-order valence-corrected chi connectivity index (χ1v) is 6.99. The zero-order valence-electron chi connectivity index (χ0n) is 9.50. The minimum Gasteiger partial charge on any atom is -0.448 e. The van der Waals surface area contributed by atoms with E-state index in [-0.39, 0.29) is 0 Å². The standard InChI is InChI=1S/C13H11BrINO/c1-8-3-4-9(2)12(5-8)16-7-10-6-11(14)13(15)17-10/h3-7H,1-2H3. The molecule has 0 fully saturated rings. The fraction of sp³-hybridized carbons (Fsp3) is 0.154. The third-order valence-corrected chi connectivity index (χ3v) is 4.49. The van der Waals surface area contributed by atoms with Gasteiger partial charge in [0.25, 0.3) is 0 Å². The van der Waals surface area contributed by atoms with Crippen molar-refractivity contribution in [2.75, 3.05) is 0 Å². The number of nitrogens with zero attached hydrogens (tertiary/aromatic N) is 1. The van der Waals surface area contributed by atoms with Gasteiger partial charge in [0.15, 0.2) is 3.77 Å². The van der Waals surface area contributed by atoms with Gasteiger partial charge in [0.2, 0.25) is 0 Å². The summed E-state index contributed by atoms with van der Waals surface area (Å²) in [5.74, 6) is 0.752. The summed E-state index contributed by atoms with van der Waals surface area (Å²) in [5.41, 5.74) is 3.35. The Morgan fingerprint density at radius 3 is 2.71 bits per heavy atom. The molecule has 0 saturated carbocycles. The topological polar surface area (TPSA) is 25.5 Å². The summed E-state index contributed by atoms with van der Waals surface area (Å²) in [4.78, 5) is 4.45. The number of benzene rings is 1. The van der Waals surface area contributed by atoms with Gasteiger partial charge in [0.05, 0.1) is 16.4 Å². The molecule has 0 aliphatic heterocycles. The van der Waals surface area contributed by atoms with Gasteiger partial charge in [-0.25, -0.2) is 0 Å². The zero-order valence-corrected chi connectivity index (χ0v) is 13.2. The Balaban J connectivity index is 2.28. The number of halogens is 2. The Hall–Kier alpha value is -0.620. The first-order valence-electron chi connectivity index (χ1n) is 5.12. The fourth-order valence-electron chi connectivity index (χ4n) is 1.42. The van der Waals surface area contributed by atoms with E-state index in [4.69, 9.17) is 4.42 Å². The lowest BCUT2D eigenvalue weighted by Crippen LogP contribution is -1.79. The van der Waals surface area contributed by atoms with Gasteiger partial charge in [-0.15, -0.1) is 0 Å². The predicted octanol–water partition coefficient (Wildman–Crippen LogP) is 5.01. The van der Waals surface area contributed by atoms with Crippen molar-refractivity contribution in [3.05, 3.63) is 49.4 Å². The van der Waals surface area contributed by atoms with E-state index in [1.807, 2.05) is 13.0 Å². The van der Waals surface area contributed by atoms with Crippen LogP contribution in [-0.2, 0) is 0 Å². The van der Waals surface area contributed by atoms with Crippen LogP contribution in [0.5, 0.6) is 0 Å². The van der Waals surface area contributed by atoms with Crippen LogP contribution in [-0.4, -0.2) is 6.21 Å². The van der Waals surface area contributed by atoms with Crippen molar-refractivity contribution in [2.45, 2.75) is 13.8 Å². The van der Waals surface area contributed by atoms with Crippen LogP contribution in [0.1, 0.15) is 16.9 Å². The van der Waals surface area contributed by atoms with Gasteiger partial charge < -0.3 is 4.42 Å². The normalized spacial score (nSPS) is 11.3. The minimum absolute atomic E-state index is 0.752. The fourth-order valence-corrected chi connectivity index (χ4v) is 2.14. The highest BCUT2D eigenvalue weighted by Gasteiger charge is 2.03. The van der Waals surface area contributed by atoms with Crippen LogP contribution in [0.15, 0.2) is 38.1 Å². The highest BCUT2D eigenvalue weighted by Crippen LogP contribution is 2.23. The molecule has 0 atom stereocenters. The second-order valence-corrected chi connectivity index (χ2v) is 5.65. The number of hydrogen-bond donors (Lipinski definition) is 0. The number of aryl methyl sites for hydroxylation is 2. The first-order chi connectivity index (χ1) is 8.06. The lowest BCUT2D eigenvalue weighted by Gasteiger charge is -2.00. The van der Waals surface area contributed by atoms with E-state index in [2.05, 4.69) is 68.6 Å². The molecule has 2 rings (SSSR count). The molecule has 0 bridgehead atoms. The van der Waals surface area contributed by atoms with E-state index in [9.17, 15) is 0 Å². The Morgan fingerprint density at radius 2 is 2.06 bits per heavy atom. The molecule has 0 unspecified atom stereocenters. The van der Waals surface area contributed by atoms with E-state index < -0.39 is 0 Å². The Labute approximate surface area is 122 Å². The second-order valence-electron chi connectivity index (χ2n) is 3.82. The number of rotatable bonds is 2. The summed E-state index contributed by atoms with van der Waals surface area (Å²) in [5, 5.41) is 0. The van der Waals surface area contributed by atoms with Gasteiger partial charge in [-0.2, -0.15) is 0 Å². The smallest absolute Gasteiger partial charge is 0.178 e. The number of furan rings is 1. The van der Waals surface area contributed by atoms with E-state index in [1.54, 1.807) is 6.21 Å². The molecule has 1 heterocycles. The lowest BCUT2D eigenvalue weighted by atomic mass is 10.1. The molecule has 17 heavy (non-hydrogen) atoms. The number of hydrogen-bond acceptors (Lipinski definition) is 2. The van der Waals surface area contributed by atoms with Crippen LogP contribution < -0.4 is 0 Å². The molecule has 1 aromatic heterocycles. The van der Waals surface area contributed by atoms with Gasteiger partial charge in [0, 0.05) is 28.7 Å². The van der Waals surface area contributed by atoms with E-state index in [0.717, 1.165) is 25.3 Å². The van der Waals surface area contributed by atoms with E-state index in [0.29, 0.717) is 0 Å². The molecule has 0 aliphatic carbocycles. The predicted molar refractivity (Wildman–Crippen MR) is 82.3 cm³/mol. The maximum absolute atomic E-state index is 5.50. The maximum atomic E-state index is 5.50. The van der Waals surface area contributed by atoms with Crippen molar-refractivity contribution < 1.29 is 4.42 Å². The Kier molecular flexibility index (Phi) is 4.04. The molecular weight excluding hydrogens is 393 g/mol. The van der Waals surface area contributed by atoms with Crippen molar-refractivity contribution >= 4 is 50.4 Å². The molecule has 0 radical (unpaired) electrons. The summed E-state index contributed by atoms with van der Waals surface area (Å²) in [6, 6.07) is 8.13. The molecule has 0 saturated heterocycles. The van der Waals surface area contributed by atoms with Crippen molar-refractivity contribution in [2.24, 2.45) is 4.99 Å². The SMILES string of the molecule is Cc1ccc(C)c(N=Cc2cc(Br)c(I)o2)c1. The Morgan fingerprint density at radius 1 is 1.29 bits per heavy atom. The lowest BCUT2D eigenvalue weighted by molar-refractivity contribution is 0.530. The monoisotopic (exact) mass is 403 g/mol. The molecule has 2 aromatic rings. The van der Waals surface area contributed by atoms with E-state index in [1.165, 1.54) is 5.56 Å². The van der Waals surface area contributed by atoms with Gasteiger partial charge in [0.1, 0.15) is 5.76 Å². The molecule has 2 nitrogen and oxygen atoms in total. The average molecular weight is 404 g/mol. The third-order valence-electron chi connectivity index (χ3n) is 2.36. The largest absolute Gasteiger partial charge is 0.448 e. The van der Waals surface area contributed by atoms with Crippen molar-refractivity contribution in [3.8, 4) is 0 Å². The summed E-state index contributed by atoms with van der Waals surface area (Å²) in [6.45, 7) is 4.11. The summed E-state index contributed by atoms with van der Waals surface area (Å²) in [7, 11) is 0. The molecule has 88 valence electrons. The number of aliphatic imine (C=N–C) groups is 1. The average Bonchev–Trinajstić information content (AvgIpc) is 2.60. The van der Waals surface area contributed by atoms with Gasteiger partial charge in [-0.1, -0.05) is 12.1 Å². The first kappa shape index (κ1) is 12.8. The molecule has 4 heteroatoms. The van der Waals surface area contributed by atoms with Crippen molar-refractivity contribution in [3.63, 3.8) is 0 Å². The second kappa shape index (κ2) is 5.35. The van der Waals surface area contributed by atoms with Gasteiger partial charge in [-0.05, 0) is 47.0 Å². The molecule has 0 amide bonds. The summed E-state index contributed by atoms with van der Waals surface area (Å²) in [6.07, 6.45) is 1.74. The van der Waals surface area contributed by atoms with Crippen LogP contribution in [0.3, 0.4) is 0 Å². The Bertz CT molecular complexity index is 555.